The van der Waals surface area contributed by atoms with Crippen LogP contribution in [0.5, 0.6) is 0 Å². The minimum Gasteiger partial charge on any atom is -0.481 e. The smallest absolute Gasteiger partial charge is 0.407 e. The Hall–Kier alpha value is -3.35. The van der Waals surface area contributed by atoms with Gasteiger partial charge in [0.2, 0.25) is 5.91 Å². The number of piperidine rings is 1. The molecule has 0 aromatic heterocycles. The fourth-order valence-electron chi connectivity index (χ4n) is 5.28. The summed E-state index contributed by atoms with van der Waals surface area (Å²) >= 11 is 0. The van der Waals surface area contributed by atoms with Crippen LogP contribution in [0.1, 0.15) is 50.7 Å². The predicted octanol–water partition coefficient (Wildman–Crippen LogP) is 4.51. The van der Waals surface area contributed by atoms with E-state index in [4.69, 9.17) is 4.74 Å². The van der Waals surface area contributed by atoms with Gasteiger partial charge in [0.25, 0.3) is 0 Å². The number of fused-ring (bicyclic) bond motifs is 3. The minimum absolute atomic E-state index is 0.00832. The molecule has 1 aliphatic heterocycles. The molecule has 2 aliphatic rings. The highest BCUT2D eigenvalue weighted by Gasteiger charge is 2.34. The van der Waals surface area contributed by atoms with Crippen molar-refractivity contribution in [1.82, 2.24) is 10.2 Å². The van der Waals surface area contributed by atoms with Crippen molar-refractivity contribution in [2.75, 3.05) is 26.2 Å². The molecule has 1 fully saturated rings. The Kier molecular flexibility index (Phi) is 7.15. The summed E-state index contributed by atoms with van der Waals surface area (Å²) in [5.74, 6) is -1.32. The van der Waals surface area contributed by atoms with Crippen LogP contribution in [-0.2, 0) is 14.3 Å². The fourth-order valence-corrected chi connectivity index (χ4v) is 5.28. The largest absolute Gasteiger partial charge is 0.481 e. The predicted molar refractivity (Wildman–Crippen MR) is 133 cm³/mol. The van der Waals surface area contributed by atoms with E-state index in [1.54, 1.807) is 4.90 Å². The lowest BCUT2D eigenvalue weighted by Crippen LogP contribution is -2.47. The molecule has 0 bridgehead atoms. The highest BCUT2D eigenvalue weighted by Crippen LogP contribution is 2.44. The van der Waals surface area contributed by atoms with Gasteiger partial charge in [0.1, 0.15) is 6.61 Å². The second-order valence-corrected chi connectivity index (χ2v) is 10.7. The van der Waals surface area contributed by atoms with Crippen LogP contribution in [0.4, 0.5) is 4.79 Å². The molecule has 0 saturated carbocycles. The van der Waals surface area contributed by atoms with Crippen LogP contribution >= 0.6 is 0 Å². The third kappa shape index (κ3) is 5.66. The Balaban J connectivity index is 1.29. The Morgan fingerprint density at radius 2 is 1.63 bits per heavy atom. The number of hydrogen-bond donors (Lipinski definition) is 2. The van der Waals surface area contributed by atoms with Crippen molar-refractivity contribution in [3.63, 3.8) is 0 Å². The lowest BCUT2D eigenvalue weighted by atomic mass is 9.86. The van der Waals surface area contributed by atoms with Gasteiger partial charge in [-0.05, 0) is 40.0 Å². The standard InChI is InChI=1S/C28H34N2O5/c1-18-12-19(26(32)33)15-30(14-18)25(31)13-28(2,3)17-29-27(34)35-16-24-22-10-6-4-8-20(22)21-9-5-7-11-23(21)24/h4-11,18-19,24H,12-17H2,1-3H3,(H,29,34)(H,32,33). The summed E-state index contributed by atoms with van der Waals surface area (Å²) in [6.07, 6.45) is 0.298. The van der Waals surface area contributed by atoms with Gasteiger partial charge in [-0.1, -0.05) is 69.3 Å². The van der Waals surface area contributed by atoms with Crippen molar-refractivity contribution in [2.24, 2.45) is 17.3 Å². The normalized spacial score (nSPS) is 19.6. The van der Waals surface area contributed by atoms with Crippen LogP contribution in [-0.4, -0.2) is 54.2 Å². The maximum absolute atomic E-state index is 12.9. The molecule has 7 nitrogen and oxygen atoms in total. The van der Waals surface area contributed by atoms with Crippen molar-refractivity contribution in [2.45, 2.75) is 39.5 Å². The van der Waals surface area contributed by atoms with Gasteiger partial charge in [0.05, 0.1) is 5.92 Å². The van der Waals surface area contributed by atoms with Gasteiger partial charge >= 0.3 is 12.1 Å². The number of carbonyl (C=O) groups is 3. The Morgan fingerprint density at radius 3 is 2.23 bits per heavy atom. The molecule has 1 saturated heterocycles. The van der Waals surface area contributed by atoms with Gasteiger partial charge in [-0.15, -0.1) is 0 Å². The Bertz CT molecular complexity index is 1070. The SMILES string of the molecule is CC1CC(C(=O)O)CN(C(=O)CC(C)(C)CNC(=O)OCC2c3ccccc3-c3ccccc32)C1. The molecule has 1 heterocycles. The number of benzene rings is 2. The van der Waals surface area contributed by atoms with Crippen LogP contribution in [0.3, 0.4) is 0 Å². The van der Waals surface area contributed by atoms with Gasteiger partial charge in [-0.2, -0.15) is 0 Å². The topological polar surface area (TPSA) is 95.9 Å². The Labute approximate surface area is 206 Å². The van der Waals surface area contributed by atoms with Crippen LogP contribution in [0.2, 0.25) is 0 Å². The van der Waals surface area contributed by atoms with Crippen molar-refractivity contribution in [3.05, 3.63) is 59.7 Å². The zero-order valence-electron chi connectivity index (χ0n) is 20.6. The molecule has 35 heavy (non-hydrogen) atoms. The molecule has 186 valence electrons. The first kappa shape index (κ1) is 24.8. The van der Waals surface area contributed by atoms with Crippen LogP contribution in [0.15, 0.2) is 48.5 Å². The molecule has 2 atom stereocenters. The molecule has 7 heteroatoms. The van der Waals surface area contributed by atoms with Crippen molar-refractivity contribution in [3.8, 4) is 11.1 Å². The molecular formula is C28H34N2O5. The molecule has 2 aromatic carbocycles. The van der Waals surface area contributed by atoms with E-state index in [1.165, 1.54) is 11.1 Å². The number of carboxylic acids is 1. The molecule has 1 aliphatic carbocycles. The first-order valence-corrected chi connectivity index (χ1v) is 12.2. The fraction of sp³-hybridized carbons (Fsp3) is 0.464. The maximum atomic E-state index is 12.9. The van der Waals surface area contributed by atoms with E-state index in [2.05, 4.69) is 29.6 Å². The quantitative estimate of drug-likeness (QED) is 0.610. The van der Waals surface area contributed by atoms with Crippen LogP contribution in [0, 0.1) is 17.3 Å². The zero-order valence-corrected chi connectivity index (χ0v) is 20.6. The van der Waals surface area contributed by atoms with E-state index in [-0.39, 0.29) is 43.9 Å². The summed E-state index contributed by atoms with van der Waals surface area (Å²) in [6, 6.07) is 16.4. The maximum Gasteiger partial charge on any atom is 0.407 e. The van der Waals surface area contributed by atoms with E-state index in [1.807, 2.05) is 45.0 Å². The number of alkyl carbamates (subject to hydrolysis) is 1. The highest BCUT2D eigenvalue weighted by molar-refractivity contribution is 5.80. The second kappa shape index (κ2) is 10.1. The number of nitrogens with one attached hydrogen (secondary N) is 1. The van der Waals surface area contributed by atoms with Crippen LogP contribution < -0.4 is 5.32 Å². The average Bonchev–Trinajstić information content (AvgIpc) is 3.14. The average molecular weight is 479 g/mol. The van der Waals surface area contributed by atoms with E-state index >= 15 is 0 Å². The third-order valence-corrected chi connectivity index (χ3v) is 7.05. The summed E-state index contributed by atoms with van der Waals surface area (Å²) in [7, 11) is 0. The van der Waals surface area contributed by atoms with Gasteiger partial charge in [0.15, 0.2) is 0 Å². The number of aliphatic carboxylic acids is 1. The van der Waals surface area contributed by atoms with E-state index in [9.17, 15) is 19.5 Å². The summed E-state index contributed by atoms with van der Waals surface area (Å²) < 4.78 is 5.60. The van der Waals surface area contributed by atoms with Gasteiger partial charge in [-0.25, -0.2) is 4.79 Å². The van der Waals surface area contributed by atoms with Gasteiger partial charge in [0, 0.05) is 32.0 Å². The third-order valence-electron chi connectivity index (χ3n) is 7.05. The van der Waals surface area contributed by atoms with E-state index < -0.39 is 23.4 Å². The summed E-state index contributed by atoms with van der Waals surface area (Å²) in [5.41, 5.74) is 4.16. The number of hydrogen-bond acceptors (Lipinski definition) is 4. The minimum atomic E-state index is -0.856. The second-order valence-electron chi connectivity index (χ2n) is 10.7. The highest BCUT2D eigenvalue weighted by atomic mass is 16.5. The monoisotopic (exact) mass is 478 g/mol. The summed E-state index contributed by atoms with van der Waals surface area (Å²) in [4.78, 5) is 38.5. The summed E-state index contributed by atoms with van der Waals surface area (Å²) in [6.45, 7) is 7.13. The molecule has 2 N–H and O–H groups in total. The molecule has 2 amide bonds. The number of carbonyl (C=O) groups excluding carboxylic acids is 2. The van der Waals surface area contributed by atoms with Crippen molar-refractivity contribution < 1.29 is 24.2 Å². The number of carboxylic acid groups (broad SMARTS) is 1. The number of ether oxygens (including phenoxy) is 1. The van der Waals surface area contributed by atoms with Gasteiger partial charge in [-0.3, -0.25) is 9.59 Å². The number of rotatable bonds is 7. The Morgan fingerprint density at radius 1 is 1.03 bits per heavy atom. The number of nitrogens with zero attached hydrogens (tertiary/aromatic N) is 1. The first-order valence-electron chi connectivity index (χ1n) is 12.2. The lowest BCUT2D eigenvalue weighted by molar-refractivity contribution is -0.147. The van der Waals surface area contributed by atoms with E-state index in [0.717, 1.165) is 11.1 Å². The molecule has 4 rings (SSSR count). The number of amides is 2. The van der Waals surface area contributed by atoms with Crippen molar-refractivity contribution >= 4 is 18.0 Å². The van der Waals surface area contributed by atoms with Crippen LogP contribution in [0.25, 0.3) is 11.1 Å². The first-order chi connectivity index (χ1) is 16.6. The zero-order chi connectivity index (χ0) is 25.2. The molecule has 2 aromatic rings. The molecule has 0 radical (unpaired) electrons. The molecule has 0 spiro atoms. The van der Waals surface area contributed by atoms with Crippen molar-refractivity contribution in [1.29, 1.82) is 0 Å². The van der Waals surface area contributed by atoms with Gasteiger partial charge < -0.3 is 20.1 Å². The van der Waals surface area contributed by atoms with E-state index in [0.29, 0.717) is 13.0 Å². The molecular weight excluding hydrogens is 444 g/mol. The summed E-state index contributed by atoms with van der Waals surface area (Å²) in [5, 5.41) is 12.2. The lowest BCUT2D eigenvalue weighted by Gasteiger charge is -2.36. The molecule has 2 unspecified atom stereocenters. The number of likely N-dealkylation sites (tertiary alicyclic amines) is 1.